The van der Waals surface area contributed by atoms with Crippen molar-refractivity contribution in [3.05, 3.63) is 0 Å². The molecule has 2 aliphatic heterocycles. The fourth-order valence-corrected chi connectivity index (χ4v) is 4.61. The van der Waals surface area contributed by atoms with Crippen LogP contribution >= 0.6 is 23.4 Å². The van der Waals surface area contributed by atoms with Gasteiger partial charge in [0.05, 0.1) is 18.4 Å². The van der Waals surface area contributed by atoms with Crippen LogP contribution in [0.4, 0.5) is 0 Å². The van der Waals surface area contributed by atoms with Gasteiger partial charge in [0.25, 0.3) is 0 Å². The summed E-state index contributed by atoms with van der Waals surface area (Å²) in [6, 6.07) is 0. The van der Waals surface area contributed by atoms with Crippen LogP contribution in [0.2, 0.25) is 0 Å². The zero-order chi connectivity index (χ0) is 16.5. The molecule has 7 nitrogen and oxygen atoms in total. The van der Waals surface area contributed by atoms with Crippen LogP contribution in [-0.4, -0.2) is 57.1 Å². The molecule has 0 radical (unpaired) electrons. The van der Waals surface area contributed by atoms with Crippen LogP contribution in [0.5, 0.6) is 0 Å². The molecule has 1 amide bonds. The third-order valence-corrected chi connectivity index (χ3v) is 6.24. The second kappa shape index (κ2) is 6.25. The van der Waals surface area contributed by atoms with Crippen LogP contribution < -0.4 is 5.73 Å². The van der Waals surface area contributed by atoms with Crippen molar-refractivity contribution in [2.75, 3.05) is 19.0 Å². The molecule has 2 heterocycles. The van der Waals surface area contributed by atoms with Crippen LogP contribution in [0.3, 0.4) is 0 Å². The van der Waals surface area contributed by atoms with E-state index in [1.165, 1.54) is 4.90 Å². The Morgan fingerprint density at radius 2 is 2.27 bits per heavy atom. The summed E-state index contributed by atoms with van der Waals surface area (Å²) in [6.07, 6.45) is 1.74. The molecule has 0 aromatic heterocycles. The first-order valence-electron chi connectivity index (χ1n) is 7.05. The molecule has 3 atom stereocenters. The Kier molecular flexibility index (Phi) is 4.93. The first-order chi connectivity index (χ1) is 10.3. The highest BCUT2D eigenvalue weighted by molar-refractivity contribution is 8.02. The largest absolute Gasteiger partial charge is 0.481 e. The smallest absolute Gasteiger partial charge is 0.338 e. The van der Waals surface area contributed by atoms with Crippen LogP contribution in [-0.2, 0) is 19.1 Å². The van der Waals surface area contributed by atoms with Crippen molar-refractivity contribution in [2.45, 2.75) is 36.4 Å². The summed E-state index contributed by atoms with van der Waals surface area (Å²) in [4.78, 5) is 35.5. The van der Waals surface area contributed by atoms with Crippen LogP contribution in [0, 0.1) is 5.41 Å². The van der Waals surface area contributed by atoms with E-state index in [9.17, 15) is 19.5 Å². The standard InChI is InChI=1S/C13H19ClN2O5S/c1-2-3-4-21-11(20)13(15)12(6-14,10(18)19)7-16-8(17)5-9(16)22-13/h9H,2-7,15H2,1H3,(H,18,19)/t9-,12?,13?/m1/s1. The highest BCUT2D eigenvalue weighted by atomic mass is 35.5. The van der Waals surface area contributed by atoms with Crippen molar-refractivity contribution in [3.63, 3.8) is 0 Å². The lowest BCUT2D eigenvalue weighted by molar-refractivity contribution is -0.168. The molecule has 9 heteroatoms. The van der Waals surface area contributed by atoms with E-state index >= 15 is 0 Å². The highest BCUT2D eigenvalue weighted by Crippen LogP contribution is 2.52. The minimum Gasteiger partial charge on any atom is -0.481 e. The van der Waals surface area contributed by atoms with Gasteiger partial charge in [0, 0.05) is 12.4 Å². The second-order valence-corrected chi connectivity index (χ2v) is 7.24. The quantitative estimate of drug-likeness (QED) is 0.312. The molecule has 2 saturated heterocycles. The monoisotopic (exact) mass is 350 g/mol. The molecule has 22 heavy (non-hydrogen) atoms. The van der Waals surface area contributed by atoms with E-state index in [0.29, 0.717) is 6.42 Å². The molecular weight excluding hydrogens is 332 g/mol. The third-order valence-electron chi connectivity index (χ3n) is 4.16. The van der Waals surface area contributed by atoms with Crippen molar-refractivity contribution >= 4 is 41.2 Å². The summed E-state index contributed by atoms with van der Waals surface area (Å²) in [5.74, 6) is -2.63. The van der Waals surface area contributed by atoms with Gasteiger partial charge in [0.15, 0.2) is 4.87 Å². The predicted molar refractivity (Wildman–Crippen MR) is 81.3 cm³/mol. The zero-order valence-electron chi connectivity index (χ0n) is 12.2. The molecule has 124 valence electrons. The molecule has 3 N–H and O–H groups in total. The average Bonchev–Trinajstić information content (AvgIpc) is 2.47. The Morgan fingerprint density at radius 1 is 1.59 bits per heavy atom. The molecule has 0 aromatic carbocycles. The molecule has 2 fully saturated rings. The number of nitrogens with two attached hydrogens (primary N) is 1. The minimum absolute atomic E-state index is 0.158. The van der Waals surface area contributed by atoms with E-state index in [2.05, 4.69) is 0 Å². The van der Waals surface area contributed by atoms with Gasteiger partial charge in [-0.1, -0.05) is 13.3 Å². The number of halogens is 1. The van der Waals surface area contributed by atoms with Gasteiger partial charge in [-0.15, -0.1) is 23.4 Å². The summed E-state index contributed by atoms with van der Waals surface area (Å²) >= 11 is 6.84. The number of esters is 1. The van der Waals surface area contributed by atoms with Gasteiger partial charge in [0.1, 0.15) is 5.41 Å². The Hall–Kier alpha value is -0.990. The summed E-state index contributed by atoms with van der Waals surface area (Å²) in [5, 5.41) is 9.34. The number of aliphatic carboxylic acids is 1. The number of amides is 1. The lowest BCUT2D eigenvalue weighted by Crippen LogP contribution is -2.75. The van der Waals surface area contributed by atoms with Crippen molar-refractivity contribution < 1.29 is 24.2 Å². The van der Waals surface area contributed by atoms with Crippen molar-refractivity contribution in [1.82, 2.24) is 4.90 Å². The number of fused-ring (bicyclic) bond motifs is 1. The number of hydrogen-bond donors (Lipinski definition) is 2. The first kappa shape index (κ1) is 17.4. The summed E-state index contributed by atoms with van der Waals surface area (Å²) in [6.45, 7) is 1.95. The Labute approximate surface area is 137 Å². The molecule has 0 aromatic rings. The fraction of sp³-hybridized carbons (Fsp3) is 0.769. The van der Waals surface area contributed by atoms with Gasteiger partial charge in [-0.05, 0) is 6.42 Å². The highest BCUT2D eigenvalue weighted by Gasteiger charge is 2.68. The van der Waals surface area contributed by atoms with Crippen molar-refractivity contribution in [1.29, 1.82) is 0 Å². The number of carboxylic acids is 1. The molecular formula is C13H19ClN2O5S. The first-order valence-corrected chi connectivity index (χ1v) is 8.46. The second-order valence-electron chi connectivity index (χ2n) is 5.54. The summed E-state index contributed by atoms with van der Waals surface area (Å²) in [7, 11) is 0. The number of thioether (sulfide) groups is 1. The number of carbonyl (C=O) groups excluding carboxylic acids is 2. The average molecular weight is 351 g/mol. The molecule has 0 bridgehead atoms. The van der Waals surface area contributed by atoms with E-state index in [1.807, 2.05) is 6.92 Å². The van der Waals surface area contributed by atoms with Gasteiger partial charge in [-0.25, -0.2) is 4.79 Å². The van der Waals surface area contributed by atoms with Gasteiger partial charge in [-0.2, -0.15) is 0 Å². The summed E-state index contributed by atoms with van der Waals surface area (Å²) in [5.41, 5.74) is 4.42. The molecule has 2 aliphatic rings. The number of rotatable bonds is 6. The summed E-state index contributed by atoms with van der Waals surface area (Å²) < 4.78 is 5.16. The Bertz CT molecular complexity index is 505. The molecule has 0 spiro atoms. The van der Waals surface area contributed by atoms with E-state index in [0.717, 1.165) is 18.2 Å². The lowest BCUT2D eigenvalue weighted by Gasteiger charge is -2.55. The number of nitrogens with zero attached hydrogens (tertiary/aromatic N) is 1. The lowest BCUT2D eigenvalue weighted by atomic mass is 9.79. The Morgan fingerprint density at radius 3 is 2.77 bits per heavy atom. The number of alkyl halides is 1. The van der Waals surface area contributed by atoms with Gasteiger partial charge in [-0.3, -0.25) is 9.59 Å². The predicted octanol–water partition coefficient (Wildman–Crippen LogP) is 0.600. The number of ether oxygens (including phenoxy) is 1. The van der Waals surface area contributed by atoms with Gasteiger partial charge >= 0.3 is 11.9 Å². The maximum atomic E-state index is 12.4. The number of β-lactam (4-membered cyclic amide) rings is 1. The third kappa shape index (κ3) is 2.47. The van der Waals surface area contributed by atoms with Crippen molar-refractivity contribution in [2.24, 2.45) is 11.1 Å². The number of unbranched alkanes of at least 4 members (excludes halogenated alkanes) is 1. The van der Waals surface area contributed by atoms with E-state index in [4.69, 9.17) is 22.1 Å². The number of hydrogen-bond acceptors (Lipinski definition) is 6. The van der Waals surface area contributed by atoms with E-state index in [1.54, 1.807) is 0 Å². The normalized spacial score (nSPS) is 33.9. The topological polar surface area (TPSA) is 110 Å². The van der Waals surface area contributed by atoms with Crippen molar-refractivity contribution in [3.8, 4) is 0 Å². The van der Waals surface area contributed by atoms with E-state index in [-0.39, 0.29) is 36.7 Å². The number of carboxylic acid groups (broad SMARTS) is 1. The van der Waals surface area contributed by atoms with E-state index < -0.39 is 22.2 Å². The van der Waals surface area contributed by atoms with Gasteiger partial charge < -0.3 is 20.5 Å². The van der Waals surface area contributed by atoms with Crippen LogP contribution in [0.15, 0.2) is 0 Å². The van der Waals surface area contributed by atoms with Crippen LogP contribution in [0.1, 0.15) is 26.2 Å². The van der Waals surface area contributed by atoms with Gasteiger partial charge in [0.2, 0.25) is 5.91 Å². The minimum atomic E-state index is -1.81. The Balaban J connectivity index is 2.30. The zero-order valence-corrected chi connectivity index (χ0v) is 13.8. The number of carbonyl (C=O) groups is 3. The molecule has 2 rings (SSSR count). The molecule has 2 unspecified atom stereocenters. The molecule has 0 aliphatic carbocycles. The van der Waals surface area contributed by atoms with Crippen LogP contribution in [0.25, 0.3) is 0 Å². The fourth-order valence-electron chi connectivity index (χ4n) is 2.54. The SMILES string of the molecule is CCCCOC(=O)C1(N)S[C@@H]2CC(=O)N2CC1(CCl)C(=O)O. The maximum Gasteiger partial charge on any atom is 0.338 e. The molecule has 0 saturated carbocycles. The maximum absolute atomic E-state index is 12.4.